The average molecular weight is 332 g/mol. The topological polar surface area (TPSA) is 65.0 Å². The number of benzene rings is 2. The van der Waals surface area contributed by atoms with Gasteiger partial charge in [0.05, 0.1) is 5.10 Å². The Morgan fingerprint density at radius 2 is 1.91 bits per heavy atom. The van der Waals surface area contributed by atoms with Gasteiger partial charge in [0.2, 0.25) is 5.52 Å². The van der Waals surface area contributed by atoms with Crippen LogP contribution >= 0.6 is 11.6 Å². The van der Waals surface area contributed by atoms with Crippen LogP contribution in [0.25, 0.3) is 16.7 Å². The predicted molar refractivity (Wildman–Crippen MR) is 90.1 cm³/mol. The Bertz CT molecular complexity index is 910. The molecule has 6 heteroatoms. The first-order valence-corrected chi connectivity index (χ1v) is 7.69. The molecular weight excluding hydrogens is 314 g/mol. The summed E-state index contributed by atoms with van der Waals surface area (Å²) in [5, 5.41) is 27.7. The Hall–Kier alpha value is -2.27. The Kier molecular flexibility index (Phi) is 3.48. The van der Waals surface area contributed by atoms with E-state index in [0.717, 1.165) is 5.56 Å². The van der Waals surface area contributed by atoms with Crippen molar-refractivity contribution in [1.29, 1.82) is 0 Å². The molecule has 0 unspecified atom stereocenters. The molecule has 3 rings (SSSR count). The van der Waals surface area contributed by atoms with Crippen molar-refractivity contribution >= 4 is 22.6 Å². The van der Waals surface area contributed by atoms with Crippen LogP contribution in [-0.2, 0) is 5.41 Å². The third-order valence-electron chi connectivity index (χ3n) is 3.88. The molecule has 0 amide bonds. The van der Waals surface area contributed by atoms with Crippen molar-refractivity contribution in [2.24, 2.45) is 0 Å². The van der Waals surface area contributed by atoms with Crippen molar-refractivity contribution in [2.45, 2.75) is 33.1 Å². The van der Waals surface area contributed by atoms with Gasteiger partial charge in [0.25, 0.3) is 5.52 Å². The van der Waals surface area contributed by atoms with Crippen LogP contribution in [0.2, 0.25) is 5.02 Å². The minimum Gasteiger partial charge on any atom is -0.692 e. The molecule has 0 radical (unpaired) electrons. The average Bonchev–Trinajstić information content (AvgIpc) is 2.77. The van der Waals surface area contributed by atoms with Crippen molar-refractivity contribution in [3.05, 3.63) is 51.7 Å². The largest absolute Gasteiger partial charge is 0.692 e. The Morgan fingerprint density at radius 1 is 1.22 bits per heavy atom. The highest BCUT2D eigenvalue weighted by atomic mass is 35.5. The standard InChI is InChI=1S/C17H18ClN3O2/c1-10-7-11(17(2,3)4)8-15(16(10)22)20-19-13-9-12(18)5-6-14(13)21(20)23/h5-9,22H,1-4H3. The number of aromatic hydroxyl groups is 1. The molecule has 0 atom stereocenters. The summed E-state index contributed by atoms with van der Waals surface area (Å²) >= 11 is 5.96. The van der Waals surface area contributed by atoms with Gasteiger partial charge in [-0.2, -0.15) is 0 Å². The third-order valence-corrected chi connectivity index (χ3v) is 4.12. The number of phenols is 1. The molecular formula is C17H18ClN3O2. The van der Waals surface area contributed by atoms with Gasteiger partial charge in [-0.05, 0) is 46.5 Å². The van der Waals surface area contributed by atoms with Crippen LogP contribution in [0, 0.1) is 12.1 Å². The zero-order chi connectivity index (χ0) is 16.9. The van der Waals surface area contributed by atoms with E-state index in [1.165, 1.54) is 4.80 Å². The van der Waals surface area contributed by atoms with Crippen molar-refractivity contribution in [3.8, 4) is 11.4 Å². The molecule has 0 saturated carbocycles. The normalized spacial score (nSPS) is 12.0. The SMILES string of the molecule is Cc1cc(C(C)(C)C)cc(-n2nc3cc(Cl)ccc3[n+]2[O-])c1O. The van der Waals surface area contributed by atoms with Gasteiger partial charge in [0.15, 0.2) is 5.69 Å². The molecule has 0 fully saturated rings. The fourth-order valence-corrected chi connectivity index (χ4v) is 2.65. The maximum atomic E-state index is 12.5. The van der Waals surface area contributed by atoms with Crippen molar-refractivity contribution in [2.75, 3.05) is 0 Å². The lowest BCUT2D eigenvalue weighted by molar-refractivity contribution is -0.664. The van der Waals surface area contributed by atoms with Crippen LogP contribution in [0.3, 0.4) is 0 Å². The molecule has 1 heterocycles. The Balaban J connectivity index is 2.30. The van der Waals surface area contributed by atoms with E-state index in [4.69, 9.17) is 11.6 Å². The van der Waals surface area contributed by atoms with Gasteiger partial charge in [-0.1, -0.05) is 38.4 Å². The summed E-state index contributed by atoms with van der Waals surface area (Å²) in [6.07, 6.45) is 0. The van der Waals surface area contributed by atoms with Crippen LogP contribution in [0.4, 0.5) is 0 Å². The molecule has 0 aliphatic heterocycles. The lowest BCUT2D eigenvalue weighted by Crippen LogP contribution is -2.37. The van der Waals surface area contributed by atoms with Gasteiger partial charge >= 0.3 is 0 Å². The molecule has 0 bridgehead atoms. The monoisotopic (exact) mass is 331 g/mol. The smallest absolute Gasteiger partial charge is 0.251 e. The molecule has 120 valence electrons. The fraction of sp³-hybridized carbons (Fsp3) is 0.294. The van der Waals surface area contributed by atoms with E-state index in [2.05, 4.69) is 25.9 Å². The number of hydrogen-bond donors (Lipinski definition) is 1. The second kappa shape index (κ2) is 5.13. The molecule has 1 N–H and O–H groups in total. The highest BCUT2D eigenvalue weighted by Gasteiger charge is 2.23. The Labute approximate surface area is 139 Å². The molecule has 3 aromatic rings. The van der Waals surface area contributed by atoms with Gasteiger partial charge in [-0.15, -0.1) is 4.85 Å². The van der Waals surface area contributed by atoms with Gasteiger partial charge < -0.3 is 10.3 Å². The van der Waals surface area contributed by atoms with Crippen LogP contribution < -0.4 is 4.85 Å². The van der Waals surface area contributed by atoms with E-state index in [1.54, 1.807) is 24.3 Å². The van der Waals surface area contributed by atoms with E-state index in [0.29, 0.717) is 32.2 Å². The van der Waals surface area contributed by atoms with Crippen molar-refractivity contribution < 1.29 is 9.95 Å². The first-order valence-electron chi connectivity index (χ1n) is 7.31. The molecule has 2 aromatic carbocycles. The Morgan fingerprint density at radius 3 is 2.57 bits per heavy atom. The van der Waals surface area contributed by atoms with Crippen LogP contribution in [0.15, 0.2) is 30.3 Å². The summed E-state index contributed by atoms with van der Waals surface area (Å²) in [7, 11) is 0. The number of phenolic OH excluding ortho intramolecular Hbond substituents is 1. The summed E-state index contributed by atoms with van der Waals surface area (Å²) in [6.45, 7) is 8.04. The molecule has 0 saturated heterocycles. The number of hydrogen-bond acceptors (Lipinski definition) is 3. The number of aryl methyl sites for hydroxylation is 1. The molecule has 5 nitrogen and oxygen atoms in total. The molecule has 0 aliphatic rings. The number of nitrogens with zero attached hydrogens (tertiary/aromatic N) is 3. The van der Waals surface area contributed by atoms with Crippen LogP contribution in [0.5, 0.6) is 5.75 Å². The van der Waals surface area contributed by atoms with Gasteiger partial charge in [-0.25, -0.2) is 0 Å². The molecule has 0 aliphatic carbocycles. The van der Waals surface area contributed by atoms with Crippen LogP contribution in [-0.4, -0.2) is 15.0 Å². The number of rotatable bonds is 1. The number of fused-ring (bicyclic) bond motifs is 1. The van der Waals surface area contributed by atoms with Gasteiger partial charge in [0.1, 0.15) is 5.75 Å². The van der Waals surface area contributed by atoms with Gasteiger partial charge in [-0.3, -0.25) is 0 Å². The number of aromatic nitrogens is 3. The molecule has 0 spiro atoms. The van der Waals surface area contributed by atoms with E-state index in [1.807, 2.05) is 13.0 Å². The lowest BCUT2D eigenvalue weighted by atomic mass is 9.85. The van der Waals surface area contributed by atoms with Crippen molar-refractivity contribution in [1.82, 2.24) is 9.90 Å². The first-order chi connectivity index (χ1) is 10.7. The third kappa shape index (κ3) is 2.61. The van der Waals surface area contributed by atoms with E-state index >= 15 is 0 Å². The highest BCUT2D eigenvalue weighted by Crippen LogP contribution is 2.32. The maximum Gasteiger partial charge on any atom is 0.251 e. The van der Waals surface area contributed by atoms with E-state index in [-0.39, 0.29) is 11.2 Å². The summed E-state index contributed by atoms with van der Waals surface area (Å²) in [6, 6.07) is 8.60. The van der Waals surface area contributed by atoms with Crippen LogP contribution in [0.1, 0.15) is 31.9 Å². The minimum absolute atomic E-state index is 0.0431. The first kappa shape index (κ1) is 15.6. The summed E-state index contributed by atoms with van der Waals surface area (Å²) in [5.41, 5.74) is 2.83. The lowest BCUT2D eigenvalue weighted by Gasteiger charge is -2.21. The fourth-order valence-electron chi connectivity index (χ4n) is 2.48. The molecule has 23 heavy (non-hydrogen) atoms. The quantitative estimate of drug-likeness (QED) is 0.547. The van der Waals surface area contributed by atoms with Gasteiger partial charge in [0, 0.05) is 11.1 Å². The minimum atomic E-state index is -0.114. The molecule has 1 aromatic heterocycles. The van der Waals surface area contributed by atoms with Crippen molar-refractivity contribution in [3.63, 3.8) is 0 Å². The summed E-state index contributed by atoms with van der Waals surface area (Å²) in [5.74, 6) is 0.0431. The predicted octanol–water partition coefficient (Wildman–Crippen LogP) is 3.62. The maximum absolute atomic E-state index is 12.5. The number of halogens is 1. The summed E-state index contributed by atoms with van der Waals surface area (Å²) < 4.78 is 0. The second-order valence-corrected chi connectivity index (χ2v) is 7.14. The zero-order valence-corrected chi connectivity index (χ0v) is 14.2. The highest BCUT2D eigenvalue weighted by molar-refractivity contribution is 6.31. The summed E-state index contributed by atoms with van der Waals surface area (Å²) in [4.78, 5) is 1.82. The second-order valence-electron chi connectivity index (χ2n) is 6.71. The zero-order valence-electron chi connectivity index (χ0n) is 13.5. The van der Waals surface area contributed by atoms with E-state index < -0.39 is 0 Å². The van der Waals surface area contributed by atoms with E-state index in [9.17, 15) is 10.3 Å².